The lowest BCUT2D eigenvalue weighted by Crippen LogP contribution is -1.89. The van der Waals surface area contributed by atoms with Crippen molar-refractivity contribution in [3.05, 3.63) is 81.0 Å². The molecule has 3 aromatic rings. The molecule has 2 aromatic carbocycles. The van der Waals surface area contributed by atoms with Gasteiger partial charge in [0, 0.05) is 9.75 Å². The van der Waals surface area contributed by atoms with Crippen LogP contribution in [0.15, 0.2) is 54.6 Å². The Kier molecular flexibility index (Phi) is 4.59. The van der Waals surface area contributed by atoms with E-state index in [1.54, 1.807) is 0 Å². The molecule has 1 aliphatic carbocycles. The molecule has 1 aromatic heterocycles. The Morgan fingerprint density at radius 2 is 1.80 bits per heavy atom. The number of aryl methyl sites for hydroxylation is 2. The number of hydrogen-bond acceptors (Lipinski definition) is 1. The maximum Gasteiger partial charge on any atom is 0.0308 e. The SMILES string of the molecule is CCCCc1ccc(-c2cccc3c2C=C(c2ccc(C)s2)C3)cc1. The molecule has 4 rings (SSSR count). The topological polar surface area (TPSA) is 0 Å². The van der Waals surface area contributed by atoms with E-state index in [1.807, 2.05) is 11.3 Å². The molecule has 0 amide bonds. The number of thiophene rings is 1. The first-order chi connectivity index (χ1) is 12.2. The summed E-state index contributed by atoms with van der Waals surface area (Å²) in [5, 5.41) is 0. The molecule has 0 saturated heterocycles. The van der Waals surface area contributed by atoms with Gasteiger partial charge in [0.05, 0.1) is 0 Å². The number of benzene rings is 2. The third-order valence-corrected chi connectivity index (χ3v) is 6.11. The van der Waals surface area contributed by atoms with E-state index in [4.69, 9.17) is 0 Å². The number of rotatable bonds is 5. The smallest absolute Gasteiger partial charge is 0.0308 e. The second kappa shape index (κ2) is 7.01. The van der Waals surface area contributed by atoms with Gasteiger partial charge in [-0.2, -0.15) is 0 Å². The van der Waals surface area contributed by atoms with Gasteiger partial charge in [-0.1, -0.05) is 55.8 Å². The van der Waals surface area contributed by atoms with Gasteiger partial charge in [-0.25, -0.2) is 0 Å². The van der Waals surface area contributed by atoms with Gasteiger partial charge in [0.15, 0.2) is 0 Å². The standard InChI is InChI=1S/C24H24S/c1-3-4-6-18-10-12-19(13-11-18)22-8-5-7-20-15-21(16-23(20)22)24-14-9-17(2)25-24/h5,7-14,16H,3-4,6,15H2,1-2H3. The molecule has 0 atom stereocenters. The van der Waals surface area contributed by atoms with E-state index in [0.717, 1.165) is 6.42 Å². The highest BCUT2D eigenvalue weighted by molar-refractivity contribution is 7.13. The van der Waals surface area contributed by atoms with E-state index >= 15 is 0 Å². The lowest BCUT2D eigenvalue weighted by molar-refractivity contribution is 0.795. The highest BCUT2D eigenvalue weighted by atomic mass is 32.1. The van der Waals surface area contributed by atoms with Crippen molar-refractivity contribution in [1.82, 2.24) is 0 Å². The van der Waals surface area contributed by atoms with Crippen LogP contribution in [0.4, 0.5) is 0 Å². The summed E-state index contributed by atoms with van der Waals surface area (Å²) >= 11 is 1.90. The molecule has 1 heterocycles. The van der Waals surface area contributed by atoms with Crippen molar-refractivity contribution in [3.8, 4) is 11.1 Å². The third kappa shape index (κ3) is 3.34. The van der Waals surface area contributed by atoms with E-state index in [0.29, 0.717) is 0 Å². The van der Waals surface area contributed by atoms with Crippen molar-refractivity contribution >= 4 is 23.0 Å². The van der Waals surface area contributed by atoms with Crippen molar-refractivity contribution in [2.24, 2.45) is 0 Å². The maximum atomic E-state index is 2.40. The van der Waals surface area contributed by atoms with Gasteiger partial charge in [-0.3, -0.25) is 0 Å². The highest BCUT2D eigenvalue weighted by Gasteiger charge is 2.18. The van der Waals surface area contributed by atoms with Crippen LogP contribution in [0.1, 0.15) is 46.2 Å². The van der Waals surface area contributed by atoms with Crippen molar-refractivity contribution in [2.45, 2.75) is 39.5 Å². The zero-order valence-electron chi connectivity index (χ0n) is 15.0. The summed E-state index contributed by atoms with van der Waals surface area (Å²) in [5.41, 5.74) is 8.46. The van der Waals surface area contributed by atoms with Gasteiger partial charge in [0.2, 0.25) is 0 Å². The summed E-state index contributed by atoms with van der Waals surface area (Å²) < 4.78 is 0. The van der Waals surface area contributed by atoms with Crippen LogP contribution < -0.4 is 0 Å². The van der Waals surface area contributed by atoms with Gasteiger partial charge < -0.3 is 0 Å². The van der Waals surface area contributed by atoms with Crippen molar-refractivity contribution < 1.29 is 0 Å². The quantitative estimate of drug-likeness (QED) is 0.460. The number of unbranched alkanes of at least 4 members (excludes halogenated alkanes) is 1. The second-order valence-electron chi connectivity index (χ2n) is 6.94. The summed E-state index contributed by atoms with van der Waals surface area (Å²) in [6.45, 7) is 4.43. The van der Waals surface area contributed by atoms with Crippen LogP contribution in [0.2, 0.25) is 0 Å². The summed E-state index contributed by atoms with van der Waals surface area (Å²) in [5.74, 6) is 0. The highest BCUT2D eigenvalue weighted by Crippen LogP contribution is 2.39. The first-order valence-electron chi connectivity index (χ1n) is 9.23. The molecule has 0 bridgehead atoms. The number of fused-ring (bicyclic) bond motifs is 1. The van der Waals surface area contributed by atoms with Crippen LogP contribution in [0.25, 0.3) is 22.8 Å². The van der Waals surface area contributed by atoms with Gasteiger partial charge in [0.1, 0.15) is 0 Å². The molecule has 126 valence electrons. The Balaban J connectivity index is 1.67. The maximum absolute atomic E-state index is 2.40. The molecule has 0 aliphatic heterocycles. The lowest BCUT2D eigenvalue weighted by atomic mass is 9.96. The Hall–Kier alpha value is -2.12. The molecule has 0 N–H and O–H groups in total. The zero-order valence-corrected chi connectivity index (χ0v) is 15.8. The van der Waals surface area contributed by atoms with Gasteiger partial charge in [0.25, 0.3) is 0 Å². The first-order valence-corrected chi connectivity index (χ1v) is 10.0. The Morgan fingerprint density at radius 1 is 0.960 bits per heavy atom. The minimum Gasteiger partial charge on any atom is -0.141 e. The molecule has 25 heavy (non-hydrogen) atoms. The predicted molar refractivity (Wildman–Crippen MR) is 111 cm³/mol. The third-order valence-electron chi connectivity index (χ3n) is 5.04. The second-order valence-corrected chi connectivity index (χ2v) is 8.22. The molecule has 0 radical (unpaired) electrons. The summed E-state index contributed by atoms with van der Waals surface area (Å²) in [6.07, 6.45) is 7.17. The number of hydrogen-bond donors (Lipinski definition) is 0. The fourth-order valence-electron chi connectivity index (χ4n) is 3.62. The Bertz CT molecular complexity index is 910. The molecule has 0 spiro atoms. The van der Waals surface area contributed by atoms with Crippen LogP contribution in [0.3, 0.4) is 0 Å². The van der Waals surface area contributed by atoms with Crippen molar-refractivity contribution in [1.29, 1.82) is 0 Å². The zero-order chi connectivity index (χ0) is 17.2. The predicted octanol–water partition coefficient (Wildman–Crippen LogP) is 7.16. The number of allylic oxidation sites excluding steroid dienone is 1. The average Bonchev–Trinajstić information content (AvgIpc) is 3.26. The molecule has 1 heteroatoms. The molecular formula is C24H24S. The van der Waals surface area contributed by atoms with Gasteiger partial charge >= 0.3 is 0 Å². The average molecular weight is 345 g/mol. The van der Waals surface area contributed by atoms with E-state index in [2.05, 4.69) is 74.5 Å². The van der Waals surface area contributed by atoms with Crippen molar-refractivity contribution in [3.63, 3.8) is 0 Å². The van der Waals surface area contributed by atoms with Gasteiger partial charge in [-0.05, 0) is 77.8 Å². The van der Waals surface area contributed by atoms with E-state index in [1.165, 1.54) is 62.4 Å². The van der Waals surface area contributed by atoms with Crippen LogP contribution in [-0.4, -0.2) is 0 Å². The minimum atomic E-state index is 1.05. The van der Waals surface area contributed by atoms with E-state index in [-0.39, 0.29) is 0 Å². The van der Waals surface area contributed by atoms with Crippen LogP contribution >= 0.6 is 11.3 Å². The molecule has 0 unspecified atom stereocenters. The Morgan fingerprint density at radius 3 is 2.52 bits per heavy atom. The largest absolute Gasteiger partial charge is 0.141 e. The van der Waals surface area contributed by atoms with Crippen LogP contribution in [0.5, 0.6) is 0 Å². The fourth-order valence-corrected chi connectivity index (χ4v) is 4.50. The van der Waals surface area contributed by atoms with Gasteiger partial charge in [-0.15, -0.1) is 11.3 Å². The summed E-state index contributed by atoms with van der Waals surface area (Å²) in [7, 11) is 0. The monoisotopic (exact) mass is 344 g/mol. The van der Waals surface area contributed by atoms with E-state index in [9.17, 15) is 0 Å². The summed E-state index contributed by atoms with van der Waals surface area (Å²) in [6, 6.07) is 20.4. The van der Waals surface area contributed by atoms with Crippen LogP contribution in [0, 0.1) is 6.92 Å². The van der Waals surface area contributed by atoms with Crippen LogP contribution in [-0.2, 0) is 12.8 Å². The summed E-state index contributed by atoms with van der Waals surface area (Å²) in [4.78, 5) is 2.80. The fraction of sp³-hybridized carbons (Fsp3) is 0.250. The molecular weight excluding hydrogens is 320 g/mol. The Labute approximate surface area is 154 Å². The molecule has 0 saturated carbocycles. The normalized spacial score (nSPS) is 13.0. The molecule has 0 fully saturated rings. The van der Waals surface area contributed by atoms with E-state index < -0.39 is 0 Å². The first kappa shape index (κ1) is 16.4. The molecule has 0 nitrogen and oxygen atoms in total. The lowest BCUT2D eigenvalue weighted by Gasteiger charge is -2.09. The van der Waals surface area contributed by atoms with Crippen molar-refractivity contribution in [2.75, 3.05) is 0 Å². The minimum absolute atomic E-state index is 1.05. The molecule has 1 aliphatic rings.